The van der Waals surface area contributed by atoms with Crippen molar-refractivity contribution < 1.29 is 9.53 Å². The van der Waals surface area contributed by atoms with Gasteiger partial charge in [-0.05, 0) is 42.7 Å². The van der Waals surface area contributed by atoms with Crippen molar-refractivity contribution in [2.45, 2.75) is 44.8 Å². The standard InChI is InChI=1S/C16H24N2O2S/c1-2-14-13-6-9-21-15(13)5-7-18(14)11-16(19)17-10-12-4-3-8-20-12/h6,9,12,14H,2-5,7-8,10-11H2,1H3,(H,17,19). The van der Waals surface area contributed by atoms with E-state index in [0.717, 1.165) is 38.8 Å². The van der Waals surface area contributed by atoms with Gasteiger partial charge >= 0.3 is 0 Å². The van der Waals surface area contributed by atoms with Crippen molar-refractivity contribution >= 4 is 17.2 Å². The maximum atomic E-state index is 12.2. The largest absolute Gasteiger partial charge is 0.376 e. The minimum Gasteiger partial charge on any atom is -0.376 e. The molecular weight excluding hydrogens is 284 g/mol. The molecule has 116 valence electrons. The molecule has 1 saturated heterocycles. The van der Waals surface area contributed by atoms with Crippen molar-refractivity contribution in [3.63, 3.8) is 0 Å². The van der Waals surface area contributed by atoms with Gasteiger partial charge in [0, 0.05) is 30.6 Å². The second-order valence-corrected chi connectivity index (χ2v) is 6.88. The molecule has 2 aliphatic heterocycles. The minimum absolute atomic E-state index is 0.127. The molecule has 0 aromatic carbocycles. The molecule has 1 N–H and O–H groups in total. The van der Waals surface area contributed by atoms with Crippen LogP contribution in [0.15, 0.2) is 11.4 Å². The molecule has 2 unspecified atom stereocenters. The number of nitrogens with one attached hydrogen (secondary N) is 1. The van der Waals surface area contributed by atoms with Gasteiger partial charge in [0.1, 0.15) is 0 Å². The molecule has 5 heteroatoms. The molecule has 0 aliphatic carbocycles. The van der Waals surface area contributed by atoms with E-state index in [1.807, 2.05) is 11.3 Å². The fourth-order valence-corrected chi connectivity index (χ4v) is 4.32. The SMILES string of the molecule is CCC1c2ccsc2CCN1CC(=O)NCC1CCCO1. The van der Waals surface area contributed by atoms with Crippen LogP contribution in [0.1, 0.15) is 42.7 Å². The van der Waals surface area contributed by atoms with Crippen molar-refractivity contribution in [3.05, 3.63) is 21.9 Å². The average Bonchev–Trinajstić information content (AvgIpc) is 3.16. The fraction of sp³-hybridized carbons (Fsp3) is 0.688. The summed E-state index contributed by atoms with van der Waals surface area (Å²) in [6, 6.07) is 2.62. The van der Waals surface area contributed by atoms with Gasteiger partial charge in [-0.1, -0.05) is 6.92 Å². The van der Waals surface area contributed by atoms with Gasteiger partial charge in [0.15, 0.2) is 0 Å². The van der Waals surface area contributed by atoms with E-state index >= 15 is 0 Å². The van der Waals surface area contributed by atoms with Crippen LogP contribution in [-0.4, -0.2) is 43.2 Å². The van der Waals surface area contributed by atoms with Gasteiger partial charge in [0.25, 0.3) is 0 Å². The van der Waals surface area contributed by atoms with Crippen LogP contribution in [-0.2, 0) is 16.0 Å². The van der Waals surface area contributed by atoms with E-state index in [-0.39, 0.29) is 12.0 Å². The van der Waals surface area contributed by atoms with Crippen molar-refractivity contribution in [3.8, 4) is 0 Å². The highest BCUT2D eigenvalue weighted by atomic mass is 32.1. The second-order valence-electron chi connectivity index (χ2n) is 5.88. The first-order chi connectivity index (χ1) is 10.3. The summed E-state index contributed by atoms with van der Waals surface area (Å²) in [4.78, 5) is 16.0. The van der Waals surface area contributed by atoms with Crippen LogP contribution in [0.3, 0.4) is 0 Å². The summed E-state index contributed by atoms with van der Waals surface area (Å²) >= 11 is 1.85. The van der Waals surface area contributed by atoms with Crippen molar-refractivity contribution in [1.82, 2.24) is 10.2 Å². The first-order valence-corrected chi connectivity index (χ1v) is 8.84. The second kappa shape index (κ2) is 6.90. The first kappa shape index (κ1) is 15.0. The van der Waals surface area contributed by atoms with Gasteiger partial charge in [-0.15, -0.1) is 11.3 Å². The lowest BCUT2D eigenvalue weighted by Crippen LogP contribution is -2.43. The molecule has 0 spiro atoms. The summed E-state index contributed by atoms with van der Waals surface area (Å²) < 4.78 is 5.54. The third kappa shape index (κ3) is 3.47. The van der Waals surface area contributed by atoms with Crippen molar-refractivity contribution in [2.75, 3.05) is 26.2 Å². The maximum absolute atomic E-state index is 12.2. The van der Waals surface area contributed by atoms with Crippen molar-refractivity contribution in [2.24, 2.45) is 0 Å². The van der Waals surface area contributed by atoms with Crippen LogP contribution in [0.25, 0.3) is 0 Å². The smallest absolute Gasteiger partial charge is 0.234 e. The molecule has 2 atom stereocenters. The van der Waals surface area contributed by atoms with E-state index in [1.54, 1.807) is 0 Å². The molecule has 1 aromatic rings. The Morgan fingerprint density at radius 1 is 1.57 bits per heavy atom. The van der Waals surface area contributed by atoms with Crippen LogP contribution in [0.2, 0.25) is 0 Å². The lowest BCUT2D eigenvalue weighted by atomic mass is 9.98. The maximum Gasteiger partial charge on any atom is 0.234 e. The van der Waals surface area contributed by atoms with E-state index in [0.29, 0.717) is 19.1 Å². The van der Waals surface area contributed by atoms with Crippen LogP contribution < -0.4 is 5.32 Å². The average molecular weight is 308 g/mol. The molecule has 1 fully saturated rings. The van der Waals surface area contributed by atoms with Gasteiger partial charge in [-0.25, -0.2) is 0 Å². The summed E-state index contributed by atoms with van der Waals surface area (Å²) in [5.41, 5.74) is 1.43. The topological polar surface area (TPSA) is 41.6 Å². The lowest BCUT2D eigenvalue weighted by molar-refractivity contribution is -0.123. The zero-order chi connectivity index (χ0) is 14.7. The summed E-state index contributed by atoms with van der Waals surface area (Å²) in [5.74, 6) is 0.127. The number of carbonyl (C=O) groups is 1. The number of rotatable bonds is 5. The monoisotopic (exact) mass is 308 g/mol. The Bertz CT molecular complexity index is 482. The Morgan fingerprint density at radius 2 is 2.48 bits per heavy atom. The van der Waals surface area contributed by atoms with Crippen LogP contribution >= 0.6 is 11.3 Å². The Morgan fingerprint density at radius 3 is 3.24 bits per heavy atom. The third-order valence-electron chi connectivity index (χ3n) is 4.49. The van der Waals surface area contributed by atoms with Crippen LogP contribution in [0.5, 0.6) is 0 Å². The number of nitrogens with zero attached hydrogens (tertiary/aromatic N) is 1. The first-order valence-electron chi connectivity index (χ1n) is 7.96. The number of thiophene rings is 1. The Hall–Kier alpha value is -0.910. The molecule has 0 radical (unpaired) electrons. The number of carbonyl (C=O) groups excluding carboxylic acids is 1. The quantitative estimate of drug-likeness (QED) is 0.908. The minimum atomic E-state index is 0.127. The number of fused-ring (bicyclic) bond motifs is 1. The molecule has 1 aromatic heterocycles. The summed E-state index contributed by atoms with van der Waals surface area (Å²) in [6.07, 6.45) is 4.54. The van der Waals surface area contributed by atoms with Gasteiger partial charge in [0.05, 0.1) is 12.6 Å². The third-order valence-corrected chi connectivity index (χ3v) is 5.49. The molecule has 0 bridgehead atoms. The van der Waals surface area contributed by atoms with E-state index in [4.69, 9.17) is 4.74 Å². The van der Waals surface area contributed by atoms with Gasteiger partial charge in [0.2, 0.25) is 5.91 Å². The molecule has 4 nitrogen and oxygen atoms in total. The van der Waals surface area contributed by atoms with E-state index in [2.05, 4.69) is 28.6 Å². The molecule has 3 rings (SSSR count). The summed E-state index contributed by atoms with van der Waals surface area (Å²) in [7, 11) is 0. The Balaban J connectivity index is 1.53. The summed E-state index contributed by atoms with van der Waals surface area (Å²) in [6.45, 7) is 5.19. The van der Waals surface area contributed by atoms with Gasteiger partial charge in [-0.3, -0.25) is 9.69 Å². The normalized spacial score (nSPS) is 25.8. The van der Waals surface area contributed by atoms with Crippen molar-refractivity contribution in [1.29, 1.82) is 0 Å². The molecule has 0 saturated carbocycles. The molecule has 2 aliphatic rings. The van der Waals surface area contributed by atoms with Gasteiger partial charge in [-0.2, -0.15) is 0 Å². The zero-order valence-electron chi connectivity index (χ0n) is 12.6. The number of hydrogen-bond donors (Lipinski definition) is 1. The van der Waals surface area contributed by atoms with Crippen LogP contribution in [0.4, 0.5) is 0 Å². The number of amides is 1. The molecule has 21 heavy (non-hydrogen) atoms. The highest BCUT2D eigenvalue weighted by molar-refractivity contribution is 7.10. The van der Waals surface area contributed by atoms with Gasteiger partial charge < -0.3 is 10.1 Å². The highest BCUT2D eigenvalue weighted by Crippen LogP contribution is 2.34. The predicted octanol–water partition coefficient (Wildman–Crippen LogP) is 2.35. The summed E-state index contributed by atoms with van der Waals surface area (Å²) in [5, 5.41) is 5.21. The van der Waals surface area contributed by atoms with E-state index in [9.17, 15) is 4.79 Å². The highest BCUT2D eigenvalue weighted by Gasteiger charge is 2.28. The Labute approximate surface area is 130 Å². The predicted molar refractivity (Wildman–Crippen MR) is 84.6 cm³/mol. The molecule has 1 amide bonds. The number of hydrogen-bond acceptors (Lipinski definition) is 4. The fourth-order valence-electron chi connectivity index (χ4n) is 3.39. The molecule has 3 heterocycles. The van der Waals surface area contributed by atoms with E-state index < -0.39 is 0 Å². The van der Waals surface area contributed by atoms with Crippen LogP contribution in [0, 0.1) is 0 Å². The lowest BCUT2D eigenvalue weighted by Gasteiger charge is -2.34. The zero-order valence-corrected chi connectivity index (χ0v) is 13.5. The Kier molecular flexibility index (Phi) is 4.93. The molecular formula is C16H24N2O2S. The number of ether oxygens (including phenoxy) is 1. The van der Waals surface area contributed by atoms with E-state index in [1.165, 1.54) is 10.4 Å².